The van der Waals surface area contributed by atoms with Crippen molar-refractivity contribution in [3.8, 4) is 6.19 Å². The molecule has 3 N–H and O–H groups in total. The maximum Gasteiger partial charge on any atom is 0.204 e. The Hall–Kier alpha value is -1.78. The van der Waals surface area contributed by atoms with Crippen molar-refractivity contribution in [2.24, 2.45) is 4.99 Å². The largest absolute Gasteiger partial charge is 0.394 e. The number of nitrogens with zero attached hydrogens (tertiary/aromatic N) is 3. The number of pyridine rings is 1. The predicted molar refractivity (Wildman–Crippen MR) is 76.5 cm³/mol. The number of rotatable bonds is 7. The molecule has 0 amide bonds. The summed E-state index contributed by atoms with van der Waals surface area (Å²) in [7, 11) is 0. The van der Waals surface area contributed by atoms with Crippen molar-refractivity contribution < 1.29 is 5.11 Å². The van der Waals surface area contributed by atoms with E-state index in [2.05, 4.69) is 20.6 Å². The third-order valence-electron chi connectivity index (χ3n) is 2.06. The monoisotopic (exact) mass is 279 g/mol. The van der Waals surface area contributed by atoms with E-state index in [1.807, 2.05) is 18.2 Å². The number of nitriles is 1. The van der Waals surface area contributed by atoms with E-state index in [-0.39, 0.29) is 13.2 Å². The number of aromatic nitrogens is 1. The van der Waals surface area contributed by atoms with Gasteiger partial charge < -0.3 is 10.4 Å². The molecule has 0 unspecified atom stereocenters. The Bertz CT molecular complexity index is 418. The highest BCUT2D eigenvalue weighted by molar-refractivity contribution is 7.98. The molecule has 102 valence electrons. The van der Waals surface area contributed by atoms with Gasteiger partial charge in [-0.1, -0.05) is 6.07 Å². The summed E-state index contributed by atoms with van der Waals surface area (Å²) in [5, 5.41) is 22.6. The number of aliphatic hydroxyl groups excluding tert-OH is 1. The Balaban J connectivity index is 2.17. The van der Waals surface area contributed by atoms with Gasteiger partial charge in [0.2, 0.25) is 5.96 Å². The summed E-state index contributed by atoms with van der Waals surface area (Å²) in [5.41, 5.74) is 1.05. The molecular formula is C12H17N5OS. The first-order valence-electron chi connectivity index (χ1n) is 5.88. The second-order valence-electron chi connectivity index (χ2n) is 3.49. The summed E-state index contributed by atoms with van der Waals surface area (Å²) in [5.74, 6) is 2.13. The summed E-state index contributed by atoms with van der Waals surface area (Å²) in [6, 6.07) is 5.86. The molecule has 0 fully saturated rings. The first-order valence-corrected chi connectivity index (χ1v) is 7.04. The van der Waals surface area contributed by atoms with Crippen LogP contribution in [0, 0.1) is 11.5 Å². The van der Waals surface area contributed by atoms with Crippen LogP contribution < -0.4 is 10.6 Å². The van der Waals surface area contributed by atoms with Gasteiger partial charge in [0.1, 0.15) is 0 Å². The van der Waals surface area contributed by atoms with Crippen molar-refractivity contribution in [3.05, 3.63) is 30.1 Å². The van der Waals surface area contributed by atoms with Gasteiger partial charge in [-0.05, 0) is 12.1 Å². The first kappa shape index (κ1) is 15.3. The van der Waals surface area contributed by atoms with Gasteiger partial charge in [0.05, 0.1) is 18.8 Å². The summed E-state index contributed by atoms with van der Waals surface area (Å²) in [4.78, 5) is 8.22. The lowest BCUT2D eigenvalue weighted by Crippen LogP contribution is -2.36. The topological polar surface area (TPSA) is 93.3 Å². The molecule has 1 heterocycles. The zero-order valence-electron chi connectivity index (χ0n) is 10.5. The number of aliphatic imine (C=N–C) groups is 1. The molecule has 7 heteroatoms. The lowest BCUT2D eigenvalue weighted by Gasteiger charge is -2.07. The van der Waals surface area contributed by atoms with Crippen LogP contribution >= 0.6 is 11.8 Å². The zero-order valence-corrected chi connectivity index (χ0v) is 11.4. The lowest BCUT2D eigenvalue weighted by molar-refractivity contribution is 0.306. The van der Waals surface area contributed by atoms with E-state index in [4.69, 9.17) is 10.4 Å². The molecule has 0 atom stereocenters. The van der Waals surface area contributed by atoms with Crippen molar-refractivity contribution in [2.75, 3.05) is 25.4 Å². The highest BCUT2D eigenvalue weighted by atomic mass is 32.2. The second kappa shape index (κ2) is 10.2. The third kappa shape index (κ3) is 7.28. The number of hydrogen-bond acceptors (Lipinski definition) is 5. The van der Waals surface area contributed by atoms with Crippen molar-refractivity contribution in [2.45, 2.75) is 5.75 Å². The van der Waals surface area contributed by atoms with Crippen LogP contribution in [0.15, 0.2) is 29.4 Å². The molecule has 0 bridgehead atoms. The van der Waals surface area contributed by atoms with Crippen molar-refractivity contribution in [3.63, 3.8) is 0 Å². The van der Waals surface area contributed by atoms with Crippen molar-refractivity contribution in [1.29, 1.82) is 5.26 Å². The Morgan fingerprint density at radius 2 is 2.42 bits per heavy atom. The fourth-order valence-corrected chi connectivity index (χ4v) is 2.03. The van der Waals surface area contributed by atoms with Crippen LogP contribution in [0.5, 0.6) is 0 Å². The molecule has 0 radical (unpaired) electrons. The van der Waals surface area contributed by atoms with Crippen LogP contribution in [0.3, 0.4) is 0 Å². The van der Waals surface area contributed by atoms with Gasteiger partial charge in [0.25, 0.3) is 0 Å². The van der Waals surface area contributed by atoms with E-state index >= 15 is 0 Å². The maximum atomic E-state index is 8.66. The van der Waals surface area contributed by atoms with Gasteiger partial charge in [-0.15, -0.1) is 0 Å². The van der Waals surface area contributed by atoms with E-state index in [0.29, 0.717) is 12.5 Å². The van der Waals surface area contributed by atoms with Gasteiger partial charge in [-0.2, -0.15) is 17.0 Å². The van der Waals surface area contributed by atoms with E-state index in [1.54, 1.807) is 24.2 Å². The standard InChI is InChI=1S/C12H17N5OS/c13-10-17-12(15-5-7-18)16-6-8-19-9-11-3-1-2-4-14-11/h1-4,18H,5-9H2,(H2,15,16,17). The molecular weight excluding hydrogens is 262 g/mol. The Morgan fingerprint density at radius 3 is 3.11 bits per heavy atom. The number of hydrogen-bond donors (Lipinski definition) is 3. The third-order valence-corrected chi connectivity index (χ3v) is 3.05. The molecule has 0 spiro atoms. The average Bonchev–Trinajstić information content (AvgIpc) is 2.45. The van der Waals surface area contributed by atoms with Crippen molar-refractivity contribution >= 4 is 17.7 Å². The summed E-state index contributed by atoms with van der Waals surface area (Å²) in [6.07, 6.45) is 3.58. The smallest absolute Gasteiger partial charge is 0.204 e. The zero-order chi connectivity index (χ0) is 13.8. The van der Waals surface area contributed by atoms with E-state index < -0.39 is 0 Å². The minimum Gasteiger partial charge on any atom is -0.394 e. The Labute approximate surface area is 117 Å². The number of guanidine groups is 1. The lowest BCUT2D eigenvalue weighted by atomic mass is 10.4. The Kier molecular flexibility index (Phi) is 8.18. The SMILES string of the molecule is N#CNC(=NCCO)NCCSCc1ccccn1. The van der Waals surface area contributed by atoms with Crippen LogP contribution in [0.25, 0.3) is 0 Å². The summed E-state index contributed by atoms with van der Waals surface area (Å²) >= 11 is 1.75. The van der Waals surface area contributed by atoms with E-state index in [1.165, 1.54) is 0 Å². The van der Waals surface area contributed by atoms with Gasteiger partial charge in [-0.3, -0.25) is 15.3 Å². The number of thioether (sulfide) groups is 1. The average molecular weight is 279 g/mol. The van der Waals surface area contributed by atoms with Gasteiger partial charge in [0, 0.05) is 24.2 Å². The molecule has 0 aliphatic heterocycles. The number of aliphatic hydroxyl groups is 1. The van der Waals surface area contributed by atoms with Crippen molar-refractivity contribution in [1.82, 2.24) is 15.6 Å². The summed E-state index contributed by atoms with van der Waals surface area (Å²) in [6.45, 7) is 0.932. The highest BCUT2D eigenvalue weighted by Gasteiger charge is 1.97. The summed E-state index contributed by atoms with van der Waals surface area (Å²) < 4.78 is 0. The molecule has 1 aromatic heterocycles. The second-order valence-corrected chi connectivity index (χ2v) is 4.60. The van der Waals surface area contributed by atoms with Crippen LogP contribution in [0.2, 0.25) is 0 Å². The van der Waals surface area contributed by atoms with Crippen LogP contribution in [0.1, 0.15) is 5.69 Å². The predicted octanol–water partition coefficient (Wildman–Crippen LogP) is 0.323. The van der Waals surface area contributed by atoms with Crippen LogP contribution in [-0.2, 0) is 5.75 Å². The highest BCUT2D eigenvalue weighted by Crippen LogP contribution is 2.07. The molecule has 1 aromatic rings. The molecule has 1 rings (SSSR count). The molecule has 6 nitrogen and oxygen atoms in total. The molecule has 0 aliphatic carbocycles. The van der Waals surface area contributed by atoms with Crippen LogP contribution in [0.4, 0.5) is 0 Å². The fourth-order valence-electron chi connectivity index (χ4n) is 1.26. The number of nitrogens with one attached hydrogen (secondary N) is 2. The molecule has 0 aromatic carbocycles. The molecule has 0 saturated carbocycles. The maximum absolute atomic E-state index is 8.66. The quantitative estimate of drug-likeness (QED) is 0.219. The van der Waals surface area contributed by atoms with Crippen LogP contribution in [-0.4, -0.2) is 41.5 Å². The fraction of sp³-hybridized carbons (Fsp3) is 0.417. The van der Waals surface area contributed by atoms with E-state index in [9.17, 15) is 0 Å². The van der Waals surface area contributed by atoms with E-state index in [0.717, 1.165) is 17.2 Å². The Morgan fingerprint density at radius 1 is 1.53 bits per heavy atom. The van der Waals surface area contributed by atoms with Gasteiger partial charge >= 0.3 is 0 Å². The minimum atomic E-state index is -0.0350. The minimum absolute atomic E-state index is 0.0350. The van der Waals surface area contributed by atoms with Gasteiger partial charge in [0.15, 0.2) is 6.19 Å². The molecule has 0 saturated heterocycles. The molecule has 0 aliphatic rings. The van der Waals surface area contributed by atoms with Gasteiger partial charge in [-0.25, -0.2) is 0 Å². The first-order chi connectivity index (χ1) is 9.36. The normalized spacial score (nSPS) is 10.8. The molecule has 19 heavy (non-hydrogen) atoms.